The zero-order valence-electron chi connectivity index (χ0n) is 20.3. The summed E-state index contributed by atoms with van der Waals surface area (Å²) in [6.07, 6.45) is 0.619. The minimum atomic E-state index is -0.992. The third-order valence-corrected chi connectivity index (χ3v) is 5.73. The van der Waals surface area contributed by atoms with Crippen LogP contribution in [-0.2, 0) is 27.5 Å². The van der Waals surface area contributed by atoms with Crippen molar-refractivity contribution in [2.45, 2.75) is 58.8 Å². The predicted octanol–water partition coefficient (Wildman–Crippen LogP) is 3.44. The first-order valence-electron chi connectivity index (χ1n) is 11.6. The average Bonchev–Trinajstić information content (AvgIpc) is 2.84. The standard InChI is InChI=1S/C26H33BrN4O4/c1-4-21(23(32)25(34)28-16-19-11-8-12-20(27)14-19)30-24(33)22(13-17(2)3)31-26(35)29-15-18-9-6-5-7-10-18/h5-12,14,17,21-22H,4,13,15-16H2,1-3H3,(H,28,34)(H,30,33)(H2,29,31,35). The van der Waals surface area contributed by atoms with E-state index >= 15 is 0 Å². The minimum absolute atomic E-state index is 0.115. The molecule has 0 bridgehead atoms. The monoisotopic (exact) mass is 544 g/mol. The van der Waals surface area contributed by atoms with Gasteiger partial charge in [0.2, 0.25) is 11.7 Å². The number of Topliss-reactive ketones (excluding diaryl/α,β-unsaturated/α-hetero) is 1. The molecule has 2 atom stereocenters. The number of ketones is 1. The minimum Gasteiger partial charge on any atom is -0.345 e. The number of nitrogens with one attached hydrogen (secondary N) is 4. The maximum absolute atomic E-state index is 13.0. The molecule has 0 aromatic heterocycles. The first-order chi connectivity index (χ1) is 16.7. The van der Waals surface area contributed by atoms with Gasteiger partial charge >= 0.3 is 6.03 Å². The van der Waals surface area contributed by atoms with Gasteiger partial charge in [-0.25, -0.2) is 4.79 Å². The summed E-state index contributed by atoms with van der Waals surface area (Å²) in [7, 11) is 0. The fourth-order valence-corrected chi connectivity index (χ4v) is 3.84. The van der Waals surface area contributed by atoms with Crippen molar-refractivity contribution in [3.05, 3.63) is 70.2 Å². The second kappa shape index (κ2) is 14.3. The Balaban J connectivity index is 1.94. The molecular formula is C26H33BrN4O4. The third kappa shape index (κ3) is 9.90. The molecule has 0 saturated carbocycles. The molecule has 0 aliphatic heterocycles. The van der Waals surface area contributed by atoms with Crippen LogP contribution >= 0.6 is 15.9 Å². The lowest BCUT2D eigenvalue weighted by molar-refractivity contribution is -0.140. The summed E-state index contributed by atoms with van der Waals surface area (Å²) < 4.78 is 0.866. The molecule has 8 nitrogen and oxygen atoms in total. The van der Waals surface area contributed by atoms with Gasteiger partial charge in [0.15, 0.2) is 0 Å². The second-order valence-corrected chi connectivity index (χ2v) is 9.56. The van der Waals surface area contributed by atoms with Crippen molar-refractivity contribution in [1.82, 2.24) is 21.3 Å². The fourth-order valence-electron chi connectivity index (χ4n) is 3.39. The van der Waals surface area contributed by atoms with Crippen LogP contribution < -0.4 is 21.3 Å². The third-order valence-electron chi connectivity index (χ3n) is 5.23. The number of benzene rings is 2. The van der Waals surface area contributed by atoms with Gasteiger partial charge in [-0.3, -0.25) is 14.4 Å². The van der Waals surface area contributed by atoms with Crippen LogP contribution in [0.5, 0.6) is 0 Å². The molecule has 0 saturated heterocycles. The number of halogens is 1. The Kier molecular flexibility index (Phi) is 11.4. The van der Waals surface area contributed by atoms with Crippen LogP contribution in [0.4, 0.5) is 4.79 Å². The maximum Gasteiger partial charge on any atom is 0.315 e. The van der Waals surface area contributed by atoms with E-state index in [2.05, 4.69) is 37.2 Å². The Bertz CT molecular complexity index is 1010. The van der Waals surface area contributed by atoms with Crippen LogP contribution in [0.3, 0.4) is 0 Å². The van der Waals surface area contributed by atoms with Crippen LogP contribution in [0.2, 0.25) is 0 Å². The maximum atomic E-state index is 13.0. The van der Waals surface area contributed by atoms with Crippen molar-refractivity contribution in [2.24, 2.45) is 5.92 Å². The van der Waals surface area contributed by atoms with Crippen LogP contribution in [0.25, 0.3) is 0 Å². The van der Waals surface area contributed by atoms with Gasteiger partial charge < -0.3 is 21.3 Å². The van der Waals surface area contributed by atoms with Gasteiger partial charge in [0, 0.05) is 17.6 Å². The molecule has 2 aromatic rings. The Morgan fingerprint density at radius 2 is 1.49 bits per heavy atom. The molecule has 2 unspecified atom stereocenters. The van der Waals surface area contributed by atoms with E-state index in [4.69, 9.17) is 0 Å². The molecule has 0 spiro atoms. The van der Waals surface area contributed by atoms with Crippen molar-refractivity contribution in [3.8, 4) is 0 Å². The van der Waals surface area contributed by atoms with E-state index in [-0.39, 0.29) is 18.9 Å². The Labute approximate surface area is 214 Å². The Hall–Kier alpha value is -3.20. The predicted molar refractivity (Wildman–Crippen MR) is 138 cm³/mol. The highest BCUT2D eigenvalue weighted by Crippen LogP contribution is 2.11. The number of rotatable bonds is 12. The first-order valence-corrected chi connectivity index (χ1v) is 12.4. The lowest BCUT2D eigenvalue weighted by Gasteiger charge is -2.23. The number of amides is 4. The van der Waals surface area contributed by atoms with Gasteiger partial charge in [0.05, 0.1) is 6.04 Å². The normalized spacial score (nSPS) is 12.4. The molecule has 2 aromatic carbocycles. The van der Waals surface area contributed by atoms with Crippen LogP contribution in [0.15, 0.2) is 59.1 Å². The molecule has 4 amide bonds. The summed E-state index contributed by atoms with van der Waals surface area (Å²) in [5.41, 5.74) is 1.76. The molecule has 188 valence electrons. The first kappa shape index (κ1) is 28.0. The Morgan fingerprint density at radius 3 is 2.11 bits per heavy atom. The molecule has 0 aliphatic rings. The Morgan fingerprint density at radius 1 is 0.829 bits per heavy atom. The van der Waals surface area contributed by atoms with Crippen molar-refractivity contribution in [2.75, 3.05) is 0 Å². The number of hydrogen-bond acceptors (Lipinski definition) is 4. The molecule has 4 N–H and O–H groups in total. The number of carbonyl (C=O) groups is 4. The number of carbonyl (C=O) groups excluding carboxylic acids is 4. The smallest absolute Gasteiger partial charge is 0.315 e. The van der Waals surface area contributed by atoms with Gasteiger partial charge in [-0.05, 0) is 42.0 Å². The van der Waals surface area contributed by atoms with Crippen molar-refractivity contribution >= 4 is 39.6 Å². The molecular weight excluding hydrogens is 512 g/mol. The summed E-state index contributed by atoms with van der Waals surface area (Å²) in [5.74, 6) is -1.89. The largest absolute Gasteiger partial charge is 0.345 e. The molecule has 0 aliphatic carbocycles. The van der Waals surface area contributed by atoms with Gasteiger partial charge in [0.25, 0.3) is 5.91 Å². The van der Waals surface area contributed by atoms with E-state index < -0.39 is 35.7 Å². The van der Waals surface area contributed by atoms with Crippen LogP contribution in [-0.4, -0.2) is 35.7 Å². The molecule has 2 rings (SSSR count). The van der Waals surface area contributed by atoms with E-state index in [0.29, 0.717) is 13.0 Å². The van der Waals surface area contributed by atoms with Crippen molar-refractivity contribution in [3.63, 3.8) is 0 Å². The molecule has 0 heterocycles. The van der Waals surface area contributed by atoms with E-state index in [1.165, 1.54) is 0 Å². The molecule has 9 heteroatoms. The number of urea groups is 1. The topological polar surface area (TPSA) is 116 Å². The lowest BCUT2D eigenvalue weighted by Crippen LogP contribution is -2.55. The van der Waals surface area contributed by atoms with Gasteiger partial charge in [-0.15, -0.1) is 0 Å². The van der Waals surface area contributed by atoms with E-state index in [9.17, 15) is 19.2 Å². The molecule has 0 fully saturated rings. The second-order valence-electron chi connectivity index (χ2n) is 8.64. The van der Waals surface area contributed by atoms with E-state index in [1.807, 2.05) is 68.4 Å². The highest BCUT2D eigenvalue weighted by Gasteiger charge is 2.29. The molecule has 0 radical (unpaired) electrons. The quantitative estimate of drug-likeness (QED) is 0.306. The summed E-state index contributed by atoms with van der Waals surface area (Å²) in [5, 5.41) is 10.7. The van der Waals surface area contributed by atoms with E-state index in [0.717, 1.165) is 15.6 Å². The lowest BCUT2D eigenvalue weighted by atomic mass is 10.0. The fraction of sp³-hybridized carbons (Fsp3) is 0.385. The zero-order valence-corrected chi connectivity index (χ0v) is 21.9. The average molecular weight is 545 g/mol. The van der Waals surface area contributed by atoms with Gasteiger partial charge in [0.1, 0.15) is 6.04 Å². The van der Waals surface area contributed by atoms with Crippen molar-refractivity contribution in [1.29, 1.82) is 0 Å². The van der Waals surface area contributed by atoms with Gasteiger partial charge in [-0.2, -0.15) is 0 Å². The summed E-state index contributed by atoms with van der Waals surface area (Å²) >= 11 is 3.37. The highest BCUT2D eigenvalue weighted by atomic mass is 79.9. The van der Waals surface area contributed by atoms with Crippen LogP contribution in [0.1, 0.15) is 44.7 Å². The van der Waals surface area contributed by atoms with Crippen molar-refractivity contribution < 1.29 is 19.2 Å². The van der Waals surface area contributed by atoms with E-state index in [1.54, 1.807) is 6.92 Å². The van der Waals surface area contributed by atoms with Gasteiger partial charge in [-0.1, -0.05) is 79.2 Å². The SMILES string of the molecule is CCC(NC(=O)C(CC(C)C)NC(=O)NCc1ccccc1)C(=O)C(=O)NCc1cccc(Br)c1. The summed E-state index contributed by atoms with van der Waals surface area (Å²) in [4.78, 5) is 50.5. The zero-order chi connectivity index (χ0) is 25.8. The highest BCUT2D eigenvalue weighted by molar-refractivity contribution is 9.10. The molecule has 35 heavy (non-hydrogen) atoms. The van der Waals surface area contributed by atoms with Crippen LogP contribution in [0, 0.1) is 5.92 Å². The summed E-state index contributed by atoms with van der Waals surface area (Å²) in [6.45, 7) is 6.08. The summed E-state index contributed by atoms with van der Waals surface area (Å²) in [6, 6.07) is 14.5. The number of hydrogen-bond donors (Lipinski definition) is 4.